The van der Waals surface area contributed by atoms with Crippen LogP contribution in [0.1, 0.15) is 37.0 Å². The van der Waals surface area contributed by atoms with Crippen LogP contribution in [-0.2, 0) is 0 Å². The third-order valence-electron chi connectivity index (χ3n) is 2.31. The number of hydrogen-bond acceptors (Lipinski definition) is 4. The maximum Gasteiger partial charge on any atom is 0.315 e. The fourth-order valence-electron chi connectivity index (χ4n) is 1.40. The molecule has 0 radical (unpaired) electrons. The van der Waals surface area contributed by atoms with Crippen molar-refractivity contribution in [3.8, 4) is 0 Å². The number of carbonyl (C=O) groups excluding carboxylic acids is 1. The molecule has 0 fully saturated rings. The van der Waals surface area contributed by atoms with E-state index in [1.54, 1.807) is 11.3 Å². The second-order valence-electron chi connectivity index (χ2n) is 4.00. The van der Waals surface area contributed by atoms with Gasteiger partial charge in [-0.25, -0.2) is 9.78 Å². The minimum Gasteiger partial charge on any atom is -0.338 e. The molecule has 0 bridgehead atoms. The molecule has 0 saturated heterocycles. The highest BCUT2D eigenvalue weighted by atomic mass is 32.2. The summed E-state index contributed by atoms with van der Waals surface area (Å²) in [6, 6.07) is -0.148. The SMILES string of the molecule is CCSCCCNC(=O)NC(C)c1nc(C)cs1. The van der Waals surface area contributed by atoms with Crippen LogP contribution in [0.25, 0.3) is 0 Å². The lowest BCUT2D eigenvalue weighted by molar-refractivity contribution is 0.238. The van der Waals surface area contributed by atoms with E-state index in [9.17, 15) is 4.79 Å². The zero-order valence-electron chi connectivity index (χ0n) is 11.2. The van der Waals surface area contributed by atoms with Crippen molar-refractivity contribution < 1.29 is 4.79 Å². The molecule has 0 aromatic carbocycles. The number of carbonyl (C=O) groups is 1. The summed E-state index contributed by atoms with van der Waals surface area (Å²) >= 11 is 3.47. The molecule has 102 valence electrons. The third-order valence-corrected chi connectivity index (χ3v) is 4.44. The predicted molar refractivity (Wildman–Crippen MR) is 79.4 cm³/mol. The van der Waals surface area contributed by atoms with Gasteiger partial charge in [0.05, 0.1) is 6.04 Å². The zero-order valence-corrected chi connectivity index (χ0v) is 12.8. The molecule has 1 unspecified atom stereocenters. The first-order chi connectivity index (χ1) is 8.63. The van der Waals surface area contributed by atoms with Gasteiger partial charge in [0.15, 0.2) is 0 Å². The van der Waals surface area contributed by atoms with Gasteiger partial charge >= 0.3 is 6.03 Å². The molecular formula is C12H21N3OS2. The molecular weight excluding hydrogens is 266 g/mol. The summed E-state index contributed by atoms with van der Waals surface area (Å²) in [6.07, 6.45) is 1.01. The Morgan fingerprint density at radius 2 is 2.39 bits per heavy atom. The van der Waals surface area contributed by atoms with Crippen LogP contribution < -0.4 is 10.6 Å². The molecule has 1 atom stereocenters. The predicted octanol–water partition coefficient (Wildman–Crippen LogP) is 2.95. The van der Waals surface area contributed by atoms with E-state index in [0.29, 0.717) is 0 Å². The molecule has 1 rings (SSSR count). The van der Waals surface area contributed by atoms with E-state index >= 15 is 0 Å². The van der Waals surface area contributed by atoms with Crippen molar-refractivity contribution in [3.63, 3.8) is 0 Å². The van der Waals surface area contributed by atoms with E-state index < -0.39 is 0 Å². The maximum absolute atomic E-state index is 11.6. The number of amides is 2. The summed E-state index contributed by atoms with van der Waals surface area (Å²) < 4.78 is 0. The molecule has 1 heterocycles. The van der Waals surface area contributed by atoms with Crippen LogP contribution in [0.4, 0.5) is 4.79 Å². The van der Waals surface area contributed by atoms with Crippen LogP contribution in [0.15, 0.2) is 5.38 Å². The number of aromatic nitrogens is 1. The fourth-order valence-corrected chi connectivity index (χ4v) is 2.84. The molecule has 4 nitrogen and oxygen atoms in total. The normalized spacial score (nSPS) is 12.2. The van der Waals surface area contributed by atoms with Crippen molar-refractivity contribution in [2.45, 2.75) is 33.2 Å². The van der Waals surface area contributed by atoms with Crippen molar-refractivity contribution >= 4 is 29.1 Å². The summed E-state index contributed by atoms with van der Waals surface area (Å²) in [4.78, 5) is 16.0. The Morgan fingerprint density at radius 3 is 3.00 bits per heavy atom. The molecule has 0 saturated carbocycles. The summed E-state index contributed by atoms with van der Waals surface area (Å²) in [7, 11) is 0. The first kappa shape index (κ1) is 15.3. The number of nitrogens with zero attached hydrogens (tertiary/aromatic N) is 1. The Balaban J connectivity index is 2.19. The van der Waals surface area contributed by atoms with Gasteiger partial charge in [0.25, 0.3) is 0 Å². The minimum atomic E-state index is -0.114. The number of urea groups is 1. The van der Waals surface area contributed by atoms with E-state index in [1.165, 1.54) is 0 Å². The lowest BCUT2D eigenvalue weighted by Crippen LogP contribution is -2.37. The number of aryl methyl sites for hydroxylation is 1. The number of nitrogens with one attached hydrogen (secondary N) is 2. The zero-order chi connectivity index (χ0) is 13.4. The van der Waals surface area contributed by atoms with E-state index in [-0.39, 0.29) is 12.1 Å². The average molecular weight is 287 g/mol. The number of rotatable bonds is 7. The van der Waals surface area contributed by atoms with Gasteiger partial charge in [0, 0.05) is 17.6 Å². The van der Waals surface area contributed by atoms with E-state index in [4.69, 9.17) is 0 Å². The van der Waals surface area contributed by atoms with E-state index in [2.05, 4.69) is 22.5 Å². The van der Waals surface area contributed by atoms with Crippen LogP contribution in [-0.4, -0.2) is 29.1 Å². The molecule has 6 heteroatoms. The molecule has 0 aliphatic heterocycles. The molecule has 0 aliphatic rings. The third kappa shape index (κ3) is 5.73. The summed E-state index contributed by atoms with van der Waals surface area (Å²) in [5.41, 5.74) is 1.00. The molecule has 0 aliphatic carbocycles. The van der Waals surface area contributed by atoms with Crippen molar-refractivity contribution in [2.75, 3.05) is 18.1 Å². The van der Waals surface area contributed by atoms with E-state index in [0.717, 1.165) is 35.2 Å². The van der Waals surface area contributed by atoms with Gasteiger partial charge in [-0.05, 0) is 31.8 Å². The first-order valence-electron chi connectivity index (χ1n) is 6.17. The summed E-state index contributed by atoms with van der Waals surface area (Å²) in [5, 5.41) is 8.70. The largest absolute Gasteiger partial charge is 0.338 e. The monoisotopic (exact) mass is 287 g/mol. The van der Waals surface area contributed by atoms with Crippen LogP contribution in [0.2, 0.25) is 0 Å². The van der Waals surface area contributed by atoms with Crippen molar-refractivity contribution in [1.29, 1.82) is 0 Å². The van der Waals surface area contributed by atoms with Gasteiger partial charge in [0.2, 0.25) is 0 Å². The number of thiazole rings is 1. The van der Waals surface area contributed by atoms with Gasteiger partial charge < -0.3 is 10.6 Å². The molecule has 18 heavy (non-hydrogen) atoms. The van der Waals surface area contributed by atoms with Crippen molar-refractivity contribution in [1.82, 2.24) is 15.6 Å². The molecule has 0 spiro atoms. The first-order valence-corrected chi connectivity index (χ1v) is 8.21. The van der Waals surface area contributed by atoms with Crippen molar-refractivity contribution in [3.05, 3.63) is 16.1 Å². The van der Waals surface area contributed by atoms with Crippen molar-refractivity contribution in [2.24, 2.45) is 0 Å². The number of hydrogen-bond donors (Lipinski definition) is 2. The van der Waals surface area contributed by atoms with Crippen LogP contribution in [0.3, 0.4) is 0 Å². The summed E-state index contributed by atoms with van der Waals surface area (Å²) in [5.74, 6) is 2.23. The number of thioether (sulfide) groups is 1. The van der Waals surface area contributed by atoms with Crippen LogP contribution in [0, 0.1) is 6.92 Å². The van der Waals surface area contributed by atoms with Gasteiger partial charge in [-0.1, -0.05) is 6.92 Å². The lowest BCUT2D eigenvalue weighted by atomic mass is 10.3. The minimum absolute atomic E-state index is 0.0336. The Morgan fingerprint density at radius 1 is 1.61 bits per heavy atom. The van der Waals surface area contributed by atoms with Crippen LogP contribution >= 0.6 is 23.1 Å². The quantitative estimate of drug-likeness (QED) is 0.758. The van der Waals surface area contributed by atoms with E-state index in [1.807, 2.05) is 31.0 Å². The summed E-state index contributed by atoms with van der Waals surface area (Å²) in [6.45, 7) is 6.77. The lowest BCUT2D eigenvalue weighted by Gasteiger charge is -2.12. The Labute approximate surface area is 117 Å². The molecule has 2 amide bonds. The Hall–Kier alpha value is -0.750. The highest BCUT2D eigenvalue weighted by Gasteiger charge is 2.11. The molecule has 1 aromatic heterocycles. The smallest absolute Gasteiger partial charge is 0.315 e. The van der Waals surface area contributed by atoms with Gasteiger partial charge in [0.1, 0.15) is 5.01 Å². The van der Waals surface area contributed by atoms with Gasteiger partial charge in [-0.3, -0.25) is 0 Å². The Kier molecular flexibility index (Phi) is 7.12. The van der Waals surface area contributed by atoms with Gasteiger partial charge in [-0.2, -0.15) is 11.8 Å². The second kappa shape index (κ2) is 8.37. The standard InChI is InChI=1S/C12H21N3OS2/c1-4-17-7-5-6-13-12(16)15-10(3)11-14-9(2)8-18-11/h8,10H,4-7H2,1-3H3,(H2,13,15,16). The Bertz CT molecular complexity index is 368. The molecule has 2 N–H and O–H groups in total. The second-order valence-corrected chi connectivity index (χ2v) is 6.28. The van der Waals surface area contributed by atoms with Gasteiger partial charge in [-0.15, -0.1) is 11.3 Å². The highest BCUT2D eigenvalue weighted by molar-refractivity contribution is 7.99. The fraction of sp³-hybridized carbons (Fsp3) is 0.667. The topological polar surface area (TPSA) is 54.0 Å². The highest BCUT2D eigenvalue weighted by Crippen LogP contribution is 2.16. The molecule has 1 aromatic rings. The van der Waals surface area contributed by atoms with Crippen LogP contribution in [0.5, 0.6) is 0 Å². The maximum atomic E-state index is 11.6. The average Bonchev–Trinajstić information content (AvgIpc) is 2.75.